The summed E-state index contributed by atoms with van der Waals surface area (Å²) in [7, 11) is 1.34. The van der Waals surface area contributed by atoms with Crippen LogP contribution in [-0.2, 0) is 22.3 Å². The topological polar surface area (TPSA) is 150 Å². The lowest BCUT2D eigenvalue weighted by atomic mass is 9.88. The normalized spacial score (nSPS) is 22.5. The standard InChI is InChI=1S/C31H26O10/c1-9-6-13-17(11(3)39-9)26(34)19-15(24(13)32)8-16(38-5)20-23-28(36)22-21(29(37)31(23)41-30(19)20)25(33)14-7-10(2)40-12(4)18(14)27(22)35/h8-12,33,35H,6-7H2,1-5H3. The molecule has 0 fully saturated rings. The molecule has 7 rings (SSSR count). The summed E-state index contributed by atoms with van der Waals surface area (Å²) in [5, 5.41) is 21.6. The molecule has 3 heterocycles. The summed E-state index contributed by atoms with van der Waals surface area (Å²) in [5.41, 5.74) is -1.91. The monoisotopic (exact) mass is 558 g/mol. The van der Waals surface area contributed by atoms with Gasteiger partial charge in [-0.25, -0.2) is 0 Å². The van der Waals surface area contributed by atoms with Gasteiger partial charge in [0.1, 0.15) is 17.2 Å². The number of ether oxygens (including phenoxy) is 3. The van der Waals surface area contributed by atoms with E-state index < -0.39 is 45.6 Å². The van der Waals surface area contributed by atoms with Crippen molar-refractivity contribution in [1.29, 1.82) is 0 Å². The third-order valence-electron chi connectivity index (χ3n) is 8.61. The Labute approximate surface area is 231 Å². The highest BCUT2D eigenvalue weighted by atomic mass is 16.5. The molecule has 1 aromatic heterocycles. The van der Waals surface area contributed by atoms with Crippen LogP contribution in [-0.4, -0.2) is 29.5 Å². The van der Waals surface area contributed by atoms with Crippen LogP contribution in [0.4, 0.5) is 0 Å². The lowest BCUT2D eigenvalue weighted by molar-refractivity contribution is -0.00650. The summed E-state index contributed by atoms with van der Waals surface area (Å²) in [4.78, 5) is 55.6. The van der Waals surface area contributed by atoms with E-state index in [9.17, 15) is 29.4 Å². The fraction of sp³-hybridized carbons (Fsp3) is 0.355. The molecule has 4 aromatic carbocycles. The number of hydrogen-bond donors (Lipinski definition) is 2. The molecule has 10 nitrogen and oxygen atoms in total. The molecule has 0 radical (unpaired) electrons. The maximum atomic E-state index is 14.1. The van der Waals surface area contributed by atoms with E-state index in [1.165, 1.54) is 13.2 Å². The van der Waals surface area contributed by atoms with E-state index in [1.54, 1.807) is 20.8 Å². The van der Waals surface area contributed by atoms with Crippen LogP contribution in [0.5, 0.6) is 17.2 Å². The molecule has 4 atom stereocenters. The van der Waals surface area contributed by atoms with Gasteiger partial charge in [-0.3, -0.25) is 19.2 Å². The zero-order chi connectivity index (χ0) is 29.2. The van der Waals surface area contributed by atoms with Crippen LogP contribution in [0.3, 0.4) is 0 Å². The van der Waals surface area contributed by atoms with Crippen LogP contribution in [0, 0.1) is 0 Å². The Balaban J connectivity index is 1.73. The first kappa shape index (κ1) is 25.7. The number of phenolic OH excluding ortho intramolecular Hbond substituents is 2. The molecule has 2 N–H and O–H groups in total. The molecule has 0 saturated heterocycles. The molecule has 5 aromatic rings. The largest absolute Gasteiger partial charge is 0.507 e. The van der Waals surface area contributed by atoms with Crippen LogP contribution in [0.25, 0.3) is 43.5 Å². The Kier molecular flexibility index (Phi) is 5.24. The molecule has 4 unspecified atom stereocenters. The zero-order valence-corrected chi connectivity index (χ0v) is 23.0. The van der Waals surface area contributed by atoms with E-state index in [1.807, 2.05) is 6.92 Å². The summed E-state index contributed by atoms with van der Waals surface area (Å²) in [6, 6.07) is 1.39. The SMILES string of the molecule is COc1cc2c(=O)c3c(c(=O)c2c2oc4c(=O)c5c(O)c6c(c(O)c5c(=O)c4c12)C(C)OC(C)C6)C(C)OC(C)C3. The number of phenols is 2. The average molecular weight is 559 g/mol. The van der Waals surface area contributed by atoms with Crippen molar-refractivity contribution in [2.45, 2.75) is 65.0 Å². The van der Waals surface area contributed by atoms with Gasteiger partial charge < -0.3 is 28.8 Å². The molecule has 10 heteroatoms. The maximum Gasteiger partial charge on any atom is 0.233 e. The summed E-state index contributed by atoms with van der Waals surface area (Å²) in [6.45, 7) is 7.00. The van der Waals surface area contributed by atoms with E-state index in [0.29, 0.717) is 11.1 Å². The van der Waals surface area contributed by atoms with Crippen molar-refractivity contribution >= 4 is 43.5 Å². The van der Waals surface area contributed by atoms with Gasteiger partial charge in [-0.15, -0.1) is 0 Å². The number of aromatic hydroxyl groups is 2. The molecular formula is C31H26O10. The average Bonchev–Trinajstić information content (AvgIpc) is 3.32. The van der Waals surface area contributed by atoms with E-state index in [-0.39, 0.29) is 85.3 Å². The molecular weight excluding hydrogens is 532 g/mol. The third kappa shape index (κ3) is 3.14. The Morgan fingerprint density at radius 2 is 1.29 bits per heavy atom. The van der Waals surface area contributed by atoms with E-state index in [4.69, 9.17) is 18.6 Å². The van der Waals surface area contributed by atoms with Crippen LogP contribution in [0.1, 0.15) is 62.2 Å². The summed E-state index contributed by atoms with van der Waals surface area (Å²) < 4.78 is 23.2. The van der Waals surface area contributed by atoms with Crippen LogP contribution >= 0.6 is 0 Å². The highest BCUT2D eigenvalue weighted by Gasteiger charge is 2.35. The van der Waals surface area contributed by atoms with Crippen LogP contribution in [0.15, 0.2) is 29.7 Å². The first-order chi connectivity index (χ1) is 19.5. The van der Waals surface area contributed by atoms with E-state index in [2.05, 4.69) is 0 Å². The summed E-state index contributed by atoms with van der Waals surface area (Å²) >= 11 is 0. The Hall–Kier alpha value is -4.28. The van der Waals surface area contributed by atoms with Crippen molar-refractivity contribution in [2.75, 3.05) is 7.11 Å². The molecule has 2 aliphatic heterocycles. The molecule has 210 valence electrons. The van der Waals surface area contributed by atoms with Crippen molar-refractivity contribution in [1.82, 2.24) is 0 Å². The van der Waals surface area contributed by atoms with Gasteiger partial charge in [-0.05, 0) is 33.8 Å². The zero-order valence-electron chi connectivity index (χ0n) is 23.0. The lowest BCUT2D eigenvalue weighted by Gasteiger charge is -2.30. The number of hydrogen-bond acceptors (Lipinski definition) is 10. The minimum atomic E-state index is -0.832. The first-order valence-corrected chi connectivity index (χ1v) is 13.5. The highest BCUT2D eigenvalue weighted by molar-refractivity contribution is 6.20. The van der Waals surface area contributed by atoms with Gasteiger partial charge in [0.05, 0.1) is 58.5 Å². The second-order valence-electron chi connectivity index (χ2n) is 11.1. The number of benzene rings is 4. The van der Waals surface area contributed by atoms with Crippen LogP contribution in [0.2, 0.25) is 0 Å². The number of rotatable bonds is 1. The first-order valence-electron chi connectivity index (χ1n) is 13.5. The van der Waals surface area contributed by atoms with Crippen molar-refractivity contribution in [3.05, 3.63) is 69.2 Å². The Morgan fingerprint density at radius 1 is 0.683 bits per heavy atom. The van der Waals surface area contributed by atoms with Crippen molar-refractivity contribution in [3.8, 4) is 17.2 Å². The van der Waals surface area contributed by atoms with Gasteiger partial charge >= 0.3 is 0 Å². The molecule has 0 saturated carbocycles. The van der Waals surface area contributed by atoms with Gasteiger partial charge in [0, 0.05) is 40.5 Å². The smallest absolute Gasteiger partial charge is 0.233 e. The Morgan fingerprint density at radius 3 is 1.95 bits per heavy atom. The predicted molar refractivity (Wildman–Crippen MR) is 151 cm³/mol. The van der Waals surface area contributed by atoms with Crippen molar-refractivity contribution in [2.24, 2.45) is 0 Å². The van der Waals surface area contributed by atoms with Crippen molar-refractivity contribution < 1.29 is 28.8 Å². The van der Waals surface area contributed by atoms with E-state index in [0.717, 1.165) is 0 Å². The molecule has 0 amide bonds. The fourth-order valence-corrected chi connectivity index (χ4v) is 6.99. The summed E-state index contributed by atoms with van der Waals surface area (Å²) in [5.74, 6) is -0.818. The number of fused-ring (bicyclic) bond motifs is 8. The van der Waals surface area contributed by atoms with Gasteiger partial charge in [-0.1, -0.05) is 0 Å². The molecule has 41 heavy (non-hydrogen) atoms. The molecule has 0 spiro atoms. The molecule has 0 aliphatic carbocycles. The van der Waals surface area contributed by atoms with Gasteiger partial charge in [0.2, 0.25) is 10.9 Å². The van der Waals surface area contributed by atoms with Gasteiger partial charge in [0.15, 0.2) is 22.0 Å². The third-order valence-corrected chi connectivity index (χ3v) is 8.61. The molecule has 2 aliphatic rings. The Bertz CT molecular complexity index is 2220. The number of furan rings is 1. The minimum absolute atomic E-state index is 0.0303. The van der Waals surface area contributed by atoms with Crippen LogP contribution < -0.4 is 26.5 Å². The van der Waals surface area contributed by atoms with Crippen molar-refractivity contribution in [3.63, 3.8) is 0 Å². The van der Waals surface area contributed by atoms with E-state index >= 15 is 0 Å². The maximum absolute atomic E-state index is 14.1. The second kappa shape index (κ2) is 8.37. The lowest BCUT2D eigenvalue weighted by Crippen LogP contribution is -2.33. The predicted octanol–water partition coefficient (Wildman–Crippen LogP) is 3.67. The van der Waals surface area contributed by atoms with Gasteiger partial charge in [-0.2, -0.15) is 0 Å². The van der Waals surface area contributed by atoms with Gasteiger partial charge in [0.25, 0.3) is 0 Å². The quantitative estimate of drug-likeness (QED) is 0.292. The number of methoxy groups -OCH3 is 1. The minimum Gasteiger partial charge on any atom is -0.507 e. The summed E-state index contributed by atoms with van der Waals surface area (Å²) in [6.07, 6.45) is -1.39. The second-order valence-corrected chi connectivity index (χ2v) is 11.1. The fourth-order valence-electron chi connectivity index (χ4n) is 6.99. The molecule has 0 bridgehead atoms. The highest BCUT2D eigenvalue weighted by Crippen LogP contribution is 2.46.